The second-order valence-corrected chi connectivity index (χ2v) is 17.6. The van der Waals surface area contributed by atoms with Gasteiger partial charge in [0.25, 0.3) is 0 Å². The average Bonchev–Trinajstić information content (AvgIpc) is 3.26. The predicted octanol–water partition coefficient (Wildman–Crippen LogP) is 13.7. The zero-order valence-electron chi connectivity index (χ0n) is 40.1. The zero-order valence-corrected chi connectivity index (χ0v) is 40.1. The third kappa shape index (κ3) is 43.7. The molecule has 0 radical (unpaired) electrons. The van der Waals surface area contributed by atoms with Crippen LogP contribution in [0.3, 0.4) is 0 Å². The molecule has 0 rings (SSSR count). The Kier molecular flexibility index (Phi) is 45.3. The lowest BCUT2D eigenvalue weighted by atomic mass is 10.0. The van der Waals surface area contributed by atoms with Crippen LogP contribution < -0.4 is 10.6 Å². The molecule has 0 aliphatic heterocycles. The van der Waals surface area contributed by atoms with E-state index in [4.69, 9.17) is 14.9 Å². The van der Waals surface area contributed by atoms with E-state index >= 15 is 0 Å². The fourth-order valence-electron chi connectivity index (χ4n) is 7.63. The molecule has 2 atom stereocenters. The second-order valence-electron chi connectivity index (χ2n) is 17.6. The van der Waals surface area contributed by atoms with Gasteiger partial charge in [-0.3, -0.25) is 14.4 Å². The Bertz CT molecular complexity index is 1140. The van der Waals surface area contributed by atoms with Crippen molar-refractivity contribution in [1.29, 1.82) is 0 Å². The number of hydrogen-bond donors (Lipinski definition) is 4. The zero-order chi connectivity index (χ0) is 45.4. The van der Waals surface area contributed by atoms with Crippen molar-refractivity contribution in [2.45, 2.75) is 264 Å². The lowest BCUT2D eigenvalue weighted by Crippen LogP contribution is -2.47. The first-order chi connectivity index (χ1) is 30.3. The van der Waals surface area contributed by atoms with Crippen molar-refractivity contribution in [3.05, 3.63) is 36.5 Å². The van der Waals surface area contributed by atoms with Crippen LogP contribution >= 0.6 is 0 Å². The number of unbranched alkanes of at least 4 members (excludes halogenated alkanes) is 27. The Labute approximate surface area is 380 Å². The molecule has 0 aromatic carbocycles. The summed E-state index contributed by atoms with van der Waals surface area (Å²) >= 11 is 0. The molecule has 9 nitrogen and oxygen atoms in total. The van der Waals surface area contributed by atoms with Crippen molar-refractivity contribution in [1.82, 2.24) is 10.6 Å². The van der Waals surface area contributed by atoms with Crippen LogP contribution in [0, 0.1) is 0 Å². The molecule has 0 aromatic rings. The van der Waals surface area contributed by atoms with Crippen molar-refractivity contribution >= 4 is 23.8 Å². The maximum atomic E-state index is 12.9. The topological polar surface area (TPSA) is 142 Å². The molecule has 4 N–H and O–H groups in total. The van der Waals surface area contributed by atoms with E-state index in [1.54, 1.807) is 0 Å². The molecule has 9 heteroatoms. The van der Waals surface area contributed by atoms with Gasteiger partial charge in [-0.1, -0.05) is 185 Å². The van der Waals surface area contributed by atoms with Crippen molar-refractivity contribution in [2.24, 2.45) is 0 Å². The summed E-state index contributed by atoms with van der Waals surface area (Å²) in [5.74, 6) is -2.32. The summed E-state index contributed by atoms with van der Waals surface area (Å²) in [4.78, 5) is 47.7. The summed E-state index contributed by atoms with van der Waals surface area (Å²) in [6, 6.07) is -1.39. The minimum atomic E-state index is -1.39. The molecular formula is C53H96N2O7. The molecule has 0 aliphatic rings. The molecule has 0 saturated heterocycles. The SMILES string of the molecule is CCCCC/C=C\C/C=C\CCCC(CCCCCCCC(=O)NCC(=O)NC(CO)C(=O)O)OC(=O)CCCCCCCCCCCCC/C=C\CCCCCCCCCC. The van der Waals surface area contributed by atoms with Crippen LogP contribution in [0.5, 0.6) is 0 Å². The van der Waals surface area contributed by atoms with Gasteiger partial charge >= 0.3 is 11.9 Å². The van der Waals surface area contributed by atoms with Gasteiger partial charge in [0.15, 0.2) is 0 Å². The molecule has 2 amide bonds. The van der Waals surface area contributed by atoms with Crippen molar-refractivity contribution < 1.29 is 34.1 Å². The summed E-state index contributed by atoms with van der Waals surface area (Å²) < 4.78 is 6.03. The monoisotopic (exact) mass is 873 g/mol. The first-order valence-electron chi connectivity index (χ1n) is 25.9. The molecule has 2 unspecified atom stereocenters. The summed E-state index contributed by atoms with van der Waals surface area (Å²) in [5, 5.41) is 22.6. The van der Waals surface area contributed by atoms with E-state index in [1.165, 1.54) is 141 Å². The fraction of sp³-hybridized carbons (Fsp3) is 0.811. The molecule has 0 aromatic heterocycles. The number of hydrogen-bond acceptors (Lipinski definition) is 6. The fourth-order valence-corrected chi connectivity index (χ4v) is 7.63. The lowest BCUT2D eigenvalue weighted by Gasteiger charge is -2.18. The van der Waals surface area contributed by atoms with Crippen molar-refractivity contribution in [3.8, 4) is 0 Å². The second kappa shape index (κ2) is 47.5. The van der Waals surface area contributed by atoms with Crippen LogP contribution in [-0.2, 0) is 23.9 Å². The number of aliphatic hydroxyl groups is 1. The highest BCUT2D eigenvalue weighted by Crippen LogP contribution is 2.18. The van der Waals surface area contributed by atoms with Crippen molar-refractivity contribution in [3.63, 3.8) is 0 Å². The number of ether oxygens (including phenoxy) is 1. The first-order valence-corrected chi connectivity index (χ1v) is 25.9. The van der Waals surface area contributed by atoms with Crippen LogP contribution in [0.2, 0.25) is 0 Å². The molecule has 0 bridgehead atoms. The minimum absolute atomic E-state index is 0.0566. The lowest BCUT2D eigenvalue weighted by molar-refractivity contribution is -0.150. The van der Waals surface area contributed by atoms with Gasteiger partial charge in [-0.15, -0.1) is 0 Å². The third-order valence-electron chi connectivity index (χ3n) is 11.6. The number of carbonyl (C=O) groups excluding carboxylic acids is 3. The summed E-state index contributed by atoms with van der Waals surface area (Å²) in [6.45, 7) is 3.47. The van der Waals surface area contributed by atoms with Gasteiger partial charge in [0.1, 0.15) is 12.1 Å². The molecule has 0 fully saturated rings. The molecule has 0 saturated carbocycles. The van der Waals surface area contributed by atoms with E-state index in [2.05, 4.69) is 60.9 Å². The Hall–Kier alpha value is -2.94. The number of aliphatic hydroxyl groups excluding tert-OH is 1. The Balaban J connectivity index is 4.19. The Morgan fingerprint density at radius 2 is 0.887 bits per heavy atom. The van der Waals surface area contributed by atoms with Crippen LogP contribution in [-0.4, -0.2) is 59.3 Å². The number of carbonyl (C=O) groups is 4. The van der Waals surface area contributed by atoms with Crippen LogP contribution in [0.15, 0.2) is 36.5 Å². The van der Waals surface area contributed by atoms with Crippen LogP contribution in [0.4, 0.5) is 0 Å². The molecular weight excluding hydrogens is 777 g/mol. The molecule has 0 aliphatic carbocycles. The van der Waals surface area contributed by atoms with Gasteiger partial charge in [0.2, 0.25) is 11.8 Å². The number of esters is 1. The first kappa shape index (κ1) is 59.1. The predicted molar refractivity (Wildman–Crippen MR) is 259 cm³/mol. The van der Waals surface area contributed by atoms with E-state index in [9.17, 15) is 19.2 Å². The summed E-state index contributed by atoms with van der Waals surface area (Å²) in [7, 11) is 0. The van der Waals surface area contributed by atoms with E-state index in [0.717, 1.165) is 77.0 Å². The van der Waals surface area contributed by atoms with E-state index in [0.29, 0.717) is 12.8 Å². The standard InChI is InChI=1S/C53H96N2O7/c1-3-5-7-9-11-13-15-16-17-18-19-20-21-22-23-24-25-26-28-30-32-37-41-45-52(59)62-48(42-38-34-31-29-27-14-12-10-8-6-4-2)43-39-35-33-36-40-44-50(57)54-46-51(58)55-49(47-56)53(60)61/h12,14,18-19,29,31,48-49,56H,3-11,13,15-17,20-28,30,32-47H2,1-2H3,(H,54,57)(H,55,58)(H,60,61)/b14-12-,19-18-,31-29-. The number of amides is 2. The molecule has 62 heavy (non-hydrogen) atoms. The van der Waals surface area contributed by atoms with E-state index in [1.807, 2.05) is 0 Å². The van der Waals surface area contributed by atoms with Crippen molar-refractivity contribution in [2.75, 3.05) is 13.2 Å². The van der Waals surface area contributed by atoms with Gasteiger partial charge in [-0.2, -0.15) is 0 Å². The van der Waals surface area contributed by atoms with Gasteiger partial charge in [0.05, 0.1) is 13.2 Å². The highest BCUT2D eigenvalue weighted by molar-refractivity contribution is 5.87. The molecule has 0 heterocycles. The summed E-state index contributed by atoms with van der Waals surface area (Å²) in [6.07, 6.45) is 56.2. The number of allylic oxidation sites excluding steroid dienone is 6. The Morgan fingerprint density at radius 3 is 1.40 bits per heavy atom. The number of aliphatic carboxylic acids is 1. The summed E-state index contributed by atoms with van der Waals surface area (Å²) in [5.41, 5.74) is 0. The molecule has 360 valence electrons. The normalized spacial score (nSPS) is 12.7. The Morgan fingerprint density at radius 1 is 0.484 bits per heavy atom. The maximum Gasteiger partial charge on any atom is 0.328 e. The van der Waals surface area contributed by atoms with Gasteiger partial charge < -0.3 is 25.6 Å². The van der Waals surface area contributed by atoms with Gasteiger partial charge in [0, 0.05) is 12.8 Å². The largest absolute Gasteiger partial charge is 0.480 e. The number of rotatable bonds is 47. The maximum absolute atomic E-state index is 12.9. The number of carboxylic acids is 1. The average molecular weight is 873 g/mol. The highest BCUT2D eigenvalue weighted by atomic mass is 16.5. The smallest absolute Gasteiger partial charge is 0.328 e. The van der Waals surface area contributed by atoms with E-state index in [-0.39, 0.29) is 30.9 Å². The van der Waals surface area contributed by atoms with Crippen LogP contribution in [0.25, 0.3) is 0 Å². The highest BCUT2D eigenvalue weighted by Gasteiger charge is 2.19. The minimum Gasteiger partial charge on any atom is -0.480 e. The van der Waals surface area contributed by atoms with E-state index < -0.39 is 24.5 Å². The third-order valence-corrected chi connectivity index (χ3v) is 11.6. The van der Waals surface area contributed by atoms with Gasteiger partial charge in [-0.05, 0) is 89.9 Å². The number of carboxylic acid groups (broad SMARTS) is 1. The molecule has 0 spiro atoms. The van der Waals surface area contributed by atoms with Gasteiger partial charge in [-0.25, -0.2) is 4.79 Å². The quantitative estimate of drug-likeness (QED) is 0.0271. The van der Waals surface area contributed by atoms with Crippen LogP contribution in [0.1, 0.15) is 251 Å². The number of nitrogens with one attached hydrogen (secondary N) is 2.